The zero-order valence-corrected chi connectivity index (χ0v) is 11.4. The third-order valence-corrected chi connectivity index (χ3v) is 3.77. The largest absolute Gasteiger partial charge is 0.378 e. The maximum atomic E-state index is 13.1. The molecule has 0 radical (unpaired) electrons. The Morgan fingerprint density at radius 1 is 1.06 bits per heavy atom. The van der Waals surface area contributed by atoms with Crippen LogP contribution in [0.4, 0.5) is 14.5 Å². The summed E-state index contributed by atoms with van der Waals surface area (Å²) in [6, 6.07) is 5.60. The molecule has 1 atom stereocenters. The van der Waals surface area contributed by atoms with Crippen molar-refractivity contribution in [2.45, 2.75) is 26.8 Å². The second-order valence-corrected chi connectivity index (χ2v) is 5.85. The predicted molar refractivity (Wildman–Crippen MR) is 72.2 cm³/mol. The van der Waals surface area contributed by atoms with E-state index in [2.05, 4.69) is 25.2 Å². The van der Waals surface area contributed by atoms with Crippen LogP contribution in [0.2, 0.25) is 0 Å². The number of thiophene rings is 1. The highest BCUT2D eigenvalue weighted by Crippen LogP contribution is 2.28. The molecule has 0 amide bonds. The average Bonchev–Trinajstić information content (AvgIpc) is 2.56. The summed E-state index contributed by atoms with van der Waals surface area (Å²) in [6.45, 7) is 6.09. The Hall–Kier alpha value is -1.42. The first-order valence-electron chi connectivity index (χ1n) is 5.75. The van der Waals surface area contributed by atoms with E-state index < -0.39 is 11.6 Å². The highest BCUT2D eigenvalue weighted by molar-refractivity contribution is 7.12. The van der Waals surface area contributed by atoms with Gasteiger partial charge in [0.15, 0.2) is 0 Å². The van der Waals surface area contributed by atoms with Crippen molar-refractivity contribution in [2.24, 2.45) is 0 Å². The normalized spacial score (nSPS) is 12.5. The lowest BCUT2D eigenvalue weighted by Gasteiger charge is -2.15. The molecule has 18 heavy (non-hydrogen) atoms. The van der Waals surface area contributed by atoms with E-state index in [0.717, 1.165) is 6.07 Å². The summed E-state index contributed by atoms with van der Waals surface area (Å²) in [5, 5.41) is 3.12. The fraction of sp³-hybridized carbons (Fsp3) is 0.286. The van der Waals surface area contributed by atoms with Gasteiger partial charge in [-0.3, -0.25) is 0 Å². The van der Waals surface area contributed by atoms with Crippen molar-refractivity contribution in [1.82, 2.24) is 0 Å². The number of halogens is 2. The Morgan fingerprint density at radius 3 is 2.17 bits per heavy atom. The lowest BCUT2D eigenvalue weighted by atomic mass is 10.1. The molecule has 96 valence electrons. The van der Waals surface area contributed by atoms with Crippen molar-refractivity contribution < 1.29 is 8.78 Å². The number of anilines is 1. The van der Waals surface area contributed by atoms with E-state index >= 15 is 0 Å². The maximum absolute atomic E-state index is 13.1. The first-order chi connectivity index (χ1) is 8.45. The van der Waals surface area contributed by atoms with Gasteiger partial charge < -0.3 is 5.32 Å². The second-order valence-electron chi connectivity index (χ2n) is 4.39. The molecule has 0 aliphatic rings. The molecule has 0 saturated heterocycles. The molecule has 0 saturated carbocycles. The van der Waals surface area contributed by atoms with E-state index in [1.54, 1.807) is 11.3 Å². The Kier molecular flexibility index (Phi) is 3.66. The molecule has 1 nitrogen and oxygen atoms in total. The molecule has 1 N–H and O–H groups in total. The van der Waals surface area contributed by atoms with E-state index in [1.807, 2.05) is 6.92 Å². The molecular formula is C14H15F2NS. The molecular weight excluding hydrogens is 252 g/mol. The van der Waals surface area contributed by atoms with E-state index in [1.165, 1.54) is 27.5 Å². The second kappa shape index (κ2) is 5.06. The van der Waals surface area contributed by atoms with E-state index in [0.29, 0.717) is 5.69 Å². The van der Waals surface area contributed by atoms with Gasteiger partial charge in [-0.15, -0.1) is 11.3 Å². The Labute approximate surface area is 109 Å². The molecule has 0 spiro atoms. The van der Waals surface area contributed by atoms with Gasteiger partial charge in [0, 0.05) is 27.5 Å². The summed E-state index contributed by atoms with van der Waals surface area (Å²) in [5.74, 6) is -1.13. The summed E-state index contributed by atoms with van der Waals surface area (Å²) in [6.07, 6.45) is 0. The van der Waals surface area contributed by atoms with Gasteiger partial charge in [-0.2, -0.15) is 0 Å². The number of rotatable bonds is 3. The van der Waals surface area contributed by atoms with Gasteiger partial charge in [-0.05, 0) is 44.5 Å². The van der Waals surface area contributed by atoms with E-state index in [4.69, 9.17) is 0 Å². The van der Waals surface area contributed by atoms with Crippen LogP contribution in [-0.2, 0) is 0 Å². The molecule has 1 unspecified atom stereocenters. The Morgan fingerprint density at radius 2 is 1.67 bits per heavy atom. The van der Waals surface area contributed by atoms with Crippen LogP contribution in [0.15, 0.2) is 24.3 Å². The molecule has 4 heteroatoms. The highest BCUT2D eigenvalue weighted by Gasteiger charge is 2.11. The molecule has 0 fully saturated rings. The zero-order chi connectivity index (χ0) is 13.3. The van der Waals surface area contributed by atoms with Crippen LogP contribution in [0, 0.1) is 25.5 Å². The minimum Gasteiger partial charge on any atom is -0.378 e. The van der Waals surface area contributed by atoms with E-state index in [9.17, 15) is 8.78 Å². The van der Waals surface area contributed by atoms with Crippen molar-refractivity contribution in [3.05, 3.63) is 51.2 Å². The van der Waals surface area contributed by atoms with Gasteiger partial charge in [-0.25, -0.2) is 8.78 Å². The lowest BCUT2D eigenvalue weighted by molar-refractivity contribution is 0.583. The smallest absolute Gasteiger partial charge is 0.128 e. The molecule has 2 aromatic rings. The summed E-state index contributed by atoms with van der Waals surface area (Å²) >= 11 is 1.73. The van der Waals surface area contributed by atoms with Crippen LogP contribution < -0.4 is 5.32 Å². The quantitative estimate of drug-likeness (QED) is 0.841. The van der Waals surface area contributed by atoms with E-state index in [-0.39, 0.29) is 6.04 Å². The number of hydrogen-bond acceptors (Lipinski definition) is 2. The summed E-state index contributed by atoms with van der Waals surface area (Å²) in [7, 11) is 0. The number of benzene rings is 1. The molecule has 1 heterocycles. The Balaban J connectivity index is 2.20. The molecule has 0 aliphatic carbocycles. The zero-order valence-electron chi connectivity index (χ0n) is 10.6. The third kappa shape index (κ3) is 2.88. The minimum absolute atomic E-state index is 0.0242. The molecule has 2 rings (SSSR count). The van der Waals surface area contributed by atoms with Crippen molar-refractivity contribution in [1.29, 1.82) is 0 Å². The van der Waals surface area contributed by atoms with Crippen molar-refractivity contribution in [3.63, 3.8) is 0 Å². The first-order valence-corrected chi connectivity index (χ1v) is 6.57. The van der Waals surface area contributed by atoms with Crippen LogP contribution in [-0.4, -0.2) is 0 Å². The SMILES string of the molecule is Cc1cc(C(C)Nc2cc(F)cc(F)c2)c(C)s1. The van der Waals surface area contributed by atoms with Crippen LogP contribution in [0.25, 0.3) is 0 Å². The van der Waals surface area contributed by atoms with Gasteiger partial charge in [-0.1, -0.05) is 0 Å². The molecule has 1 aromatic heterocycles. The van der Waals surface area contributed by atoms with Crippen molar-refractivity contribution in [2.75, 3.05) is 5.32 Å². The predicted octanol–water partition coefficient (Wildman–Crippen LogP) is 4.82. The minimum atomic E-state index is -0.567. The van der Waals surface area contributed by atoms with Crippen molar-refractivity contribution in [3.8, 4) is 0 Å². The molecule has 0 bridgehead atoms. The van der Waals surface area contributed by atoms with Gasteiger partial charge in [0.1, 0.15) is 11.6 Å². The first kappa shape index (κ1) is 13.0. The summed E-state index contributed by atoms with van der Waals surface area (Å²) in [5.41, 5.74) is 1.63. The Bertz CT molecular complexity index is 543. The fourth-order valence-corrected chi connectivity index (χ4v) is 3.07. The van der Waals surface area contributed by atoms with Gasteiger partial charge in [0.2, 0.25) is 0 Å². The average molecular weight is 267 g/mol. The number of hydrogen-bond donors (Lipinski definition) is 1. The van der Waals surface area contributed by atoms with Gasteiger partial charge in [0.25, 0.3) is 0 Å². The van der Waals surface area contributed by atoms with Crippen LogP contribution >= 0.6 is 11.3 Å². The monoisotopic (exact) mass is 267 g/mol. The number of nitrogens with one attached hydrogen (secondary N) is 1. The molecule has 0 aliphatic heterocycles. The summed E-state index contributed by atoms with van der Waals surface area (Å²) < 4.78 is 26.2. The third-order valence-electron chi connectivity index (χ3n) is 2.79. The molecule has 1 aromatic carbocycles. The van der Waals surface area contributed by atoms with Crippen LogP contribution in [0.3, 0.4) is 0 Å². The van der Waals surface area contributed by atoms with Crippen LogP contribution in [0.5, 0.6) is 0 Å². The van der Waals surface area contributed by atoms with Crippen molar-refractivity contribution >= 4 is 17.0 Å². The topological polar surface area (TPSA) is 12.0 Å². The summed E-state index contributed by atoms with van der Waals surface area (Å²) in [4.78, 5) is 2.46. The number of aryl methyl sites for hydroxylation is 2. The van der Waals surface area contributed by atoms with Gasteiger partial charge >= 0.3 is 0 Å². The van der Waals surface area contributed by atoms with Crippen LogP contribution in [0.1, 0.15) is 28.3 Å². The lowest BCUT2D eigenvalue weighted by Crippen LogP contribution is -2.07. The fourth-order valence-electron chi connectivity index (χ4n) is 2.05. The standard InChI is InChI=1S/C14H15F2NS/c1-8-4-14(10(3)18-8)9(2)17-13-6-11(15)5-12(16)7-13/h4-7,9,17H,1-3H3. The van der Waals surface area contributed by atoms with Gasteiger partial charge in [0.05, 0.1) is 0 Å². The maximum Gasteiger partial charge on any atom is 0.128 e. The highest BCUT2D eigenvalue weighted by atomic mass is 32.1.